The van der Waals surface area contributed by atoms with Crippen LogP contribution in [0.3, 0.4) is 0 Å². The number of carbonyl (C=O) groups is 2. The van der Waals surface area contributed by atoms with Crippen LogP contribution in [0, 0.1) is 10.1 Å². The first kappa shape index (κ1) is 21.4. The van der Waals surface area contributed by atoms with E-state index in [0.29, 0.717) is 16.6 Å². The number of nitro groups is 1. The normalized spacial score (nSPS) is 12.8. The van der Waals surface area contributed by atoms with Crippen molar-refractivity contribution < 1.29 is 19.2 Å². The summed E-state index contributed by atoms with van der Waals surface area (Å²) in [4.78, 5) is 38.1. The Morgan fingerprint density at radius 3 is 2.81 bits per heavy atom. The number of anilines is 1. The molecule has 2 aromatic carbocycles. The Hall–Kier alpha value is -3.80. The molecule has 164 valence electrons. The summed E-state index contributed by atoms with van der Waals surface area (Å²) >= 11 is 1.06. The van der Waals surface area contributed by atoms with Crippen LogP contribution < -0.4 is 4.90 Å². The number of tetrazole rings is 1. The van der Waals surface area contributed by atoms with E-state index in [1.165, 1.54) is 16.8 Å². The fourth-order valence-electron chi connectivity index (χ4n) is 3.36. The number of rotatable bonds is 6. The number of para-hydroxylation sites is 1. The van der Waals surface area contributed by atoms with Gasteiger partial charge in [-0.1, -0.05) is 18.2 Å². The molecule has 1 aliphatic heterocycles. The Balaban J connectivity index is 1.52. The zero-order valence-electron chi connectivity index (χ0n) is 17.0. The summed E-state index contributed by atoms with van der Waals surface area (Å²) < 4.78 is 6.66. The van der Waals surface area contributed by atoms with Gasteiger partial charge in [0.15, 0.2) is 6.61 Å². The summed E-state index contributed by atoms with van der Waals surface area (Å²) in [6.45, 7) is 0.0515. The molecular weight excluding hydrogens is 436 g/mol. The minimum atomic E-state index is -0.843. The molecule has 0 N–H and O–H groups in total. The molecule has 32 heavy (non-hydrogen) atoms. The van der Waals surface area contributed by atoms with Gasteiger partial charge < -0.3 is 9.64 Å². The number of benzene rings is 2. The third kappa shape index (κ3) is 4.44. The number of nitro benzene ring substituents is 1. The fourth-order valence-corrected chi connectivity index (χ4v) is 4.19. The molecule has 0 bridgehead atoms. The number of esters is 1. The minimum Gasteiger partial charge on any atom is -0.452 e. The number of nitrogens with zero attached hydrogens (tertiary/aromatic N) is 6. The Kier molecular flexibility index (Phi) is 6.12. The van der Waals surface area contributed by atoms with Crippen LogP contribution in [-0.2, 0) is 23.0 Å². The minimum absolute atomic E-state index is 0.0426. The van der Waals surface area contributed by atoms with Crippen molar-refractivity contribution in [2.75, 3.05) is 18.1 Å². The van der Waals surface area contributed by atoms with Crippen LogP contribution in [0.4, 0.5) is 11.4 Å². The van der Waals surface area contributed by atoms with Gasteiger partial charge in [-0.05, 0) is 52.7 Å². The van der Waals surface area contributed by atoms with E-state index >= 15 is 0 Å². The van der Waals surface area contributed by atoms with Crippen LogP contribution in [0.5, 0.6) is 0 Å². The van der Waals surface area contributed by atoms with Crippen molar-refractivity contribution in [3.8, 4) is 0 Å². The highest BCUT2D eigenvalue weighted by Gasteiger charge is 2.25. The summed E-state index contributed by atoms with van der Waals surface area (Å²) in [5.74, 6) is -1.20. The van der Waals surface area contributed by atoms with Gasteiger partial charge >= 0.3 is 5.97 Å². The average molecular weight is 454 g/mol. The lowest BCUT2D eigenvalue weighted by Gasteiger charge is -2.29. The van der Waals surface area contributed by atoms with Crippen LogP contribution in [0.1, 0.15) is 22.3 Å². The van der Waals surface area contributed by atoms with Gasteiger partial charge in [0.25, 0.3) is 11.6 Å². The highest BCUT2D eigenvalue weighted by Crippen LogP contribution is 2.32. The summed E-state index contributed by atoms with van der Waals surface area (Å²) in [5.41, 5.74) is 1.56. The highest BCUT2D eigenvalue weighted by atomic mass is 32.2. The molecule has 0 unspecified atom stereocenters. The summed E-state index contributed by atoms with van der Waals surface area (Å²) in [6, 6.07) is 11.4. The molecule has 1 aromatic heterocycles. The standard InChI is InChI=1S/C20H18N6O5S/c1-24-20(21-22-23-24)32-17-9-8-14(26(29)30)11-15(17)19(28)31-12-18(27)25-10-4-6-13-5-2-3-7-16(13)25/h2-3,5,7-9,11H,4,6,10,12H2,1H3. The molecule has 0 fully saturated rings. The van der Waals surface area contributed by atoms with Gasteiger partial charge in [-0.3, -0.25) is 14.9 Å². The van der Waals surface area contributed by atoms with Gasteiger partial charge in [0.05, 0.1) is 10.5 Å². The molecule has 0 radical (unpaired) electrons. The Morgan fingerprint density at radius 1 is 1.25 bits per heavy atom. The number of non-ortho nitro benzene ring substituents is 1. The van der Waals surface area contributed by atoms with E-state index in [4.69, 9.17) is 4.74 Å². The zero-order valence-corrected chi connectivity index (χ0v) is 17.8. The van der Waals surface area contributed by atoms with Crippen molar-refractivity contribution in [1.82, 2.24) is 20.2 Å². The van der Waals surface area contributed by atoms with Gasteiger partial charge in [0.1, 0.15) is 0 Å². The van der Waals surface area contributed by atoms with E-state index in [1.807, 2.05) is 24.3 Å². The van der Waals surface area contributed by atoms with Gasteiger partial charge in [-0.2, -0.15) is 0 Å². The lowest BCUT2D eigenvalue weighted by atomic mass is 10.0. The number of hydrogen-bond acceptors (Lipinski definition) is 9. The molecule has 0 atom stereocenters. The predicted molar refractivity (Wildman–Crippen MR) is 113 cm³/mol. The van der Waals surface area contributed by atoms with E-state index in [2.05, 4.69) is 15.5 Å². The SMILES string of the molecule is Cn1nnnc1Sc1ccc([N+](=O)[O-])cc1C(=O)OCC(=O)N1CCCc2ccccc21. The van der Waals surface area contributed by atoms with Crippen molar-refractivity contribution in [1.29, 1.82) is 0 Å². The largest absolute Gasteiger partial charge is 0.452 e. The van der Waals surface area contributed by atoms with Gasteiger partial charge in [-0.15, -0.1) is 5.10 Å². The maximum atomic E-state index is 12.8. The lowest BCUT2D eigenvalue weighted by Crippen LogP contribution is -2.38. The molecule has 3 aromatic rings. The van der Waals surface area contributed by atoms with E-state index < -0.39 is 17.5 Å². The van der Waals surface area contributed by atoms with Crippen LogP contribution in [0.2, 0.25) is 0 Å². The van der Waals surface area contributed by atoms with Crippen LogP contribution in [-0.4, -0.2) is 50.2 Å². The molecule has 11 nitrogen and oxygen atoms in total. The van der Waals surface area contributed by atoms with Crippen LogP contribution >= 0.6 is 11.8 Å². The highest BCUT2D eigenvalue weighted by molar-refractivity contribution is 7.99. The summed E-state index contributed by atoms with van der Waals surface area (Å²) in [5, 5.41) is 22.7. The number of carbonyl (C=O) groups excluding carboxylic acids is 2. The molecule has 0 spiro atoms. The fraction of sp³-hybridized carbons (Fsp3) is 0.250. The van der Waals surface area contributed by atoms with Crippen molar-refractivity contribution >= 4 is 35.0 Å². The van der Waals surface area contributed by atoms with Crippen LogP contribution in [0.25, 0.3) is 0 Å². The number of amides is 1. The van der Waals surface area contributed by atoms with Crippen LogP contribution in [0.15, 0.2) is 52.5 Å². The van der Waals surface area contributed by atoms with E-state index in [0.717, 1.165) is 41.9 Å². The van der Waals surface area contributed by atoms with Crippen molar-refractivity contribution in [2.24, 2.45) is 7.05 Å². The van der Waals surface area contributed by atoms with E-state index in [1.54, 1.807) is 11.9 Å². The smallest absolute Gasteiger partial charge is 0.340 e. The number of aryl methyl sites for hydroxylation is 2. The molecule has 4 rings (SSSR count). The number of aromatic nitrogens is 4. The lowest BCUT2D eigenvalue weighted by molar-refractivity contribution is -0.384. The Labute approximate surface area is 186 Å². The molecule has 0 saturated heterocycles. The number of fused-ring (bicyclic) bond motifs is 1. The maximum absolute atomic E-state index is 12.8. The Morgan fingerprint density at radius 2 is 2.06 bits per heavy atom. The maximum Gasteiger partial charge on any atom is 0.340 e. The molecule has 0 aliphatic carbocycles. The Bertz CT molecular complexity index is 1200. The second kappa shape index (κ2) is 9.14. The van der Waals surface area contributed by atoms with Gasteiger partial charge in [0, 0.05) is 36.3 Å². The first-order valence-corrected chi connectivity index (χ1v) is 10.5. The summed E-state index contributed by atoms with van der Waals surface area (Å²) in [6.07, 6.45) is 1.69. The average Bonchev–Trinajstić information content (AvgIpc) is 3.21. The molecule has 1 amide bonds. The van der Waals surface area contributed by atoms with Crippen molar-refractivity contribution in [3.05, 3.63) is 63.7 Å². The summed E-state index contributed by atoms with van der Waals surface area (Å²) in [7, 11) is 1.63. The van der Waals surface area contributed by atoms with Crippen molar-refractivity contribution in [2.45, 2.75) is 22.9 Å². The number of hydrogen-bond donors (Lipinski definition) is 0. The molecule has 12 heteroatoms. The van der Waals surface area contributed by atoms with Gasteiger partial charge in [0.2, 0.25) is 5.16 Å². The second-order valence-corrected chi connectivity index (χ2v) is 7.99. The predicted octanol–water partition coefficient (Wildman–Crippen LogP) is 2.41. The van der Waals surface area contributed by atoms with E-state index in [9.17, 15) is 19.7 Å². The van der Waals surface area contributed by atoms with E-state index in [-0.39, 0.29) is 17.2 Å². The first-order valence-electron chi connectivity index (χ1n) is 9.68. The third-order valence-electron chi connectivity index (χ3n) is 4.91. The second-order valence-electron chi connectivity index (χ2n) is 6.98. The zero-order chi connectivity index (χ0) is 22.7. The molecule has 1 aliphatic rings. The molecule has 0 saturated carbocycles. The third-order valence-corrected chi connectivity index (χ3v) is 6.02. The monoisotopic (exact) mass is 454 g/mol. The number of ether oxygens (including phenoxy) is 1. The quantitative estimate of drug-likeness (QED) is 0.313. The topological polar surface area (TPSA) is 133 Å². The molecule has 2 heterocycles. The molecular formula is C20H18N6O5S. The van der Waals surface area contributed by atoms with Gasteiger partial charge in [-0.25, -0.2) is 9.48 Å². The van der Waals surface area contributed by atoms with Crippen molar-refractivity contribution in [3.63, 3.8) is 0 Å². The first-order chi connectivity index (χ1) is 15.4.